The number of aromatic hydroxyl groups is 5. The van der Waals surface area contributed by atoms with Gasteiger partial charge < -0.3 is 74.7 Å². The predicted octanol–water partition coefficient (Wildman–Crippen LogP) is -3.04. The second-order valence-electron chi connectivity index (χ2n) is 10.6. The van der Waals surface area contributed by atoms with Crippen LogP contribution >= 0.6 is 0 Å². The van der Waals surface area contributed by atoms with Gasteiger partial charge in [-0.25, -0.2) is 14.4 Å². The van der Waals surface area contributed by atoms with Crippen LogP contribution in [0.3, 0.4) is 0 Å². The average Bonchev–Trinajstić information content (AvgIpc) is 2.99. The monoisotopic (exact) mass is 650 g/mol. The molecule has 6 rings (SSSR count). The van der Waals surface area contributed by atoms with Crippen molar-refractivity contribution in [1.82, 2.24) is 0 Å². The number of carbonyl (C=O) groups excluding carboxylic acids is 4. The van der Waals surface area contributed by atoms with Gasteiger partial charge in [0.2, 0.25) is 17.8 Å². The van der Waals surface area contributed by atoms with Crippen molar-refractivity contribution in [3.05, 3.63) is 46.5 Å². The summed E-state index contributed by atoms with van der Waals surface area (Å²) in [7, 11) is 0. The molecule has 2 aromatic carbocycles. The van der Waals surface area contributed by atoms with Gasteiger partial charge in [0.05, 0.1) is 29.2 Å². The molecule has 1 aliphatic carbocycles. The van der Waals surface area contributed by atoms with Crippen molar-refractivity contribution in [1.29, 1.82) is 0 Å². The summed E-state index contributed by atoms with van der Waals surface area (Å²) in [6, 6.07) is 1.88. The lowest BCUT2D eigenvalue weighted by molar-refractivity contribution is -0.339. The number of hydrogen-bond acceptors (Lipinski definition) is 19. The second kappa shape index (κ2) is 10.2. The number of aliphatic hydroxyl groups excluding tert-OH is 2. The van der Waals surface area contributed by atoms with Gasteiger partial charge in [0.15, 0.2) is 41.0 Å². The molecule has 0 unspecified atom stereocenters. The molecule has 4 bridgehead atoms. The molecule has 244 valence electrons. The zero-order valence-corrected chi connectivity index (χ0v) is 22.6. The summed E-state index contributed by atoms with van der Waals surface area (Å²) >= 11 is 0. The van der Waals surface area contributed by atoms with Crippen LogP contribution < -0.4 is 4.74 Å². The van der Waals surface area contributed by atoms with Gasteiger partial charge in [-0.2, -0.15) is 0 Å². The second-order valence-corrected chi connectivity index (χ2v) is 10.6. The first kappa shape index (κ1) is 30.8. The summed E-state index contributed by atoms with van der Waals surface area (Å²) < 4.78 is 26.3. The molecule has 46 heavy (non-hydrogen) atoms. The van der Waals surface area contributed by atoms with E-state index in [0.717, 1.165) is 0 Å². The lowest BCUT2D eigenvalue weighted by atomic mass is 9.70. The molecular formula is C27H22O19. The smallest absolute Gasteiger partial charge is 0.340 e. The molecular weight excluding hydrogens is 628 g/mol. The fourth-order valence-corrected chi connectivity index (χ4v) is 5.61. The summed E-state index contributed by atoms with van der Waals surface area (Å²) in [6.45, 7) is -1.06. The minimum atomic E-state index is -3.74. The number of fused-ring (bicyclic) bond motifs is 3. The number of benzene rings is 2. The quantitative estimate of drug-likeness (QED) is 0.0683. The highest BCUT2D eigenvalue weighted by molar-refractivity contribution is 6.08. The molecule has 19 nitrogen and oxygen atoms in total. The van der Waals surface area contributed by atoms with Crippen molar-refractivity contribution in [2.75, 3.05) is 6.61 Å². The SMILES string of the molecule is O=C1O[C@H]2[C@H](O)[C@@H](OC(=O)c3cc(O)c(O)c4c3[C@H]3C1=CC(=O)[C@@](O)(O4)C3(O)O)[C@H](OC(=O)c1cc(O)c(O)c(O)c1)O[C@@H]2CO. The number of ketones is 1. The Kier molecular flexibility index (Phi) is 6.82. The van der Waals surface area contributed by atoms with Crippen LogP contribution in [-0.4, -0.2) is 124 Å². The molecule has 3 aliphatic heterocycles. The van der Waals surface area contributed by atoms with E-state index in [2.05, 4.69) is 0 Å². The van der Waals surface area contributed by atoms with Crippen LogP contribution in [0.2, 0.25) is 0 Å². The van der Waals surface area contributed by atoms with E-state index in [1.54, 1.807) is 0 Å². The summed E-state index contributed by atoms with van der Waals surface area (Å²) in [6.07, 6.45) is -9.88. The zero-order chi connectivity index (χ0) is 33.6. The first-order valence-electron chi connectivity index (χ1n) is 13.0. The molecule has 1 fully saturated rings. The Balaban J connectivity index is 1.49. The third kappa shape index (κ3) is 4.21. The van der Waals surface area contributed by atoms with E-state index >= 15 is 0 Å². The van der Waals surface area contributed by atoms with E-state index in [0.29, 0.717) is 24.3 Å². The first-order valence-corrected chi connectivity index (χ1v) is 13.0. The summed E-state index contributed by atoms with van der Waals surface area (Å²) in [5, 5.41) is 104. The maximum absolute atomic E-state index is 13.6. The van der Waals surface area contributed by atoms with Crippen LogP contribution in [0.5, 0.6) is 34.5 Å². The van der Waals surface area contributed by atoms with Crippen molar-refractivity contribution < 1.29 is 93.9 Å². The molecule has 0 aromatic heterocycles. The molecule has 0 amide bonds. The number of aliphatic hydroxyl groups is 5. The maximum Gasteiger partial charge on any atom is 0.340 e. The lowest BCUT2D eigenvalue weighted by Crippen LogP contribution is -2.70. The Morgan fingerprint density at radius 3 is 2.11 bits per heavy atom. The third-order valence-electron chi connectivity index (χ3n) is 7.91. The molecule has 10 N–H and O–H groups in total. The summed E-state index contributed by atoms with van der Waals surface area (Å²) in [5.41, 5.74) is -3.23. The molecule has 1 saturated heterocycles. The Hall–Kier alpha value is -5.18. The minimum absolute atomic E-state index is 0.395. The number of phenolic OH excluding ortho intramolecular Hbond substituents is 5. The normalized spacial score (nSPS) is 31.0. The zero-order valence-electron chi connectivity index (χ0n) is 22.6. The van der Waals surface area contributed by atoms with Crippen molar-refractivity contribution >= 4 is 23.7 Å². The van der Waals surface area contributed by atoms with E-state index in [4.69, 9.17) is 23.7 Å². The number of phenols is 5. The Labute approximate surface area is 253 Å². The third-order valence-corrected chi connectivity index (χ3v) is 7.91. The van der Waals surface area contributed by atoms with Gasteiger partial charge in [0.1, 0.15) is 12.2 Å². The van der Waals surface area contributed by atoms with Gasteiger partial charge >= 0.3 is 23.7 Å². The highest BCUT2D eigenvalue weighted by atomic mass is 16.7. The Morgan fingerprint density at radius 1 is 0.870 bits per heavy atom. The van der Waals surface area contributed by atoms with Crippen molar-refractivity contribution in [3.63, 3.8) is 0 Å². The summed E-state index contributed by atoms with van der Waals surface area (Å²) in [4.78, 5) is 52.9. The van der Waals surface area contributed by atoms with Crippen LogP contribution in [-0.2, 0) is 28.5 Å². The van der Waals surface area contributed by atoms with Crippen molar-refractivity contribution in [2.24, 2.45) is 0 Å². The van der Waals surface area contributed by atoms with Gasteiger partial charge in [0, 0.05) is 5.56 Å². The molecule has 2 aromatic rings. The van der Waals surface area contributed by atoms with E-state index in [1.807, 2.05) is 0 Å². The minimum Gasteiger partial charge on any atom is -0.504 e. The first-order chi connectivity index (χ1) is 21.5. The molecule has 0 spiro atoms. The van der Waals surface area contributed by atoms with Gasteiger partial charge in [-0.15, -0.1) is 0 Å². The Morgan fingerprint density at radius 2 is 1.48 bits per heavy atom. The highest BCUT2D eigenvalue weighted by Gasteiger charge is 2.70. The van der Waals surface area contributed by atoms with Gasteiger partial charge in [0.25, 0.3) is 5.79 Å². The van der Waals surface area contributed by atoms with Gasteiger partial charge in [-0.1, -0.05) is 0 Å². The number of hydrogen-bond donors (Lipinski definition) is 10. The molecule has 19 heteroatoms. The van der Waals surface area contributed by atoms with Crippen LogP contribution in [0, 0.1) is 0 Å². The number of esters is 3. The predicted molar refractivity (Wildman–Crippen MR) is 136 cm³/mol. The highest BCUT2D eigenvalue weighted by Crippen LogP contribution is 2.58. The standard InChI is InChI=1S/C27H22O19/c28-5-12-19-18(35)21(25(42-12)45-22(36)6-1-9(29)16(33)10(30)2-6)44-23(37)7-3-11(31)17(34)20-14(7)15-8(24(38)43-19)4-13(32)27(41,46-20)26(15,39)40/h1-4,12,15,18-19,21,25,28-31,33-35,39-41H,5H2/t12-,15-,18+,19-,21-,25+,27-/m1/s1. The van der Waals surface area contributed by atoms with E-state index in [9.17, 15) is 70.2 Å². The molecule has 0 saturated carbocycles. The van der Waals surface area contributed by atoms with E-state index < -0.39 is 135 Å². The average molecular weight is 650 g/mol. The summed E-state index contributed by atoms with van der Waals surface area (Å²) in [5.74, 6) is -22.1. The maximum atomic E-state index is 13.6. The Bertz CT molecular complexity index is 1720. The molecule has 0 radical (unpaired) electrons. The lowest BCUT2D eigenvalue weighted by Gasteiger charge is -2.49. The molecule has 7 atom stereocenters. The fourth-order valence-electron chi connectivity index (χ4n) is 5.61. The van der Waals surface area contributed by atoms with Crippen LogP contribution in [0.4, 0.5) is 0 Å². The molecule has 4 aliphatic rings. The number of carbonyl (C=O) groups is 4. The van der Waals surface area contributed by atoms with Crippen molar-refractivity contribution in [2.45, 2.75) is 48.2 Å². The van der Waals surface area contributed by atoms with Crippen LogP contribution in [0.15, 0.2) is 29.8 Å². The van der Waals surface area contributed by atoms with Crippen LogP contribution in [0.25, 0.3) is 0 Å². The fraction of sp³-hybridized carbons (Fsp3) is 0.333. The topological polar surface area (TPSA) is 317 Å². The van der Waals surface area contributed by atoms with Crippen molar-refractivity contribution in [3.8, 4) is 34.5 Å². The van der Waals surface area contributed by atoms with Gasteiger partial charge in [-0.05, 0) is 24.3 Å². The van der Waals surface area contributed by atoms with Crippen LogP contribution in [0.1, 0.15) is 32.2 Å². The molecule has 3 heterocycles. The van der Waals surface area contributed by atoms with Gasteiger partial charge in [-0.3, -0.25) is 4.79 Å². The van der Waals surface area contributed by atoms with E-state index in [1.165, 1.54) is 0 Å². The number of ether oxygens (including phenoxy) is 5. The number of rotatable bonds is 3. The van der Waals surface area contributed by atoms with E-state index in [-0.39, 0.29) is 0 Å². The largest absolute Gasteiger partial charge is 0.504 e.